The summed E-state index contributed by atoms with van der Waals surface area (Å²) in [6.07, 6.45) is 0. The van der Waals surface area contributed by atoms with Crippen LogP contribution in [0.25, 0.3) is 10.9 Å². The summed E-state index contributed by atoms with van der Waals surface area (Å²) in [7, 11) is 1.64. The van der Waals surface area contributed by atoms with Crippen LogP contribution in [-0.4, -0.2) is 17.1 Å². The molecule has 1 aromatic carbocycles. The molecular formula is C13H14N2OS. The van der Waals surface area contributed by atoms with Gasteiger partial charge in [-0.3, -0.25) is 4.98 Å². The molecule has 17 heavy (non-hydrogen) atoms. The maximum Gasteiger partial charge on any atom is 0.119 e. The molecule has 0 saturated heterocycles. The van der Waals surface area contributed by atoms with Crippen LogP contribution in [0.5, 0.6) is 5.75 Å². The van der Waals surface area contributed by atoms with Crippen molar-refractivity contribution in [2.24, 2.45) is 5.73 Å². The van der Waals surface area contributed by atoms with E-state index in [4.69, 9.17) is 22.7 Å². The van der Waals surface area contributed by atoms with Gasteiger partial charge in [0.15, 0.2) is 0 Å². The summed E-state index contributed by atoms with van der Waals surface area (Å²) < 4.78 is 5.22. The normalized spacial score (nSPS) is 10.5. The van der Waals surface area contributed by atoms with Gasteiger partial charge in [0.1, 0.15) is 10.7 Å². The highest BCUT2D eigenvalue weighted by Gasteiger charge is 2.12. The molecule has 3 nitrogen and oxygen atoms in total. The molecular weight excluding hydrogens is 232 g/mol. The number of aryl methyl sites for hydroxylation is 1. The van der Waals surface area contributed by atoms with Crippen molar-refractivity contribution in [2.45, 2.75) is 13.8 Å². The molecule has 0 radical (unpaired) electrons. The Kier molecular flexibility index (Phi) is 2.98. The van der Waals surface area contributed by atoms with E-state index in [1.165, 1.54) is 0 Å². The zero-order valence-electron chi connectivity index (χ0n) is 10.1. The second-order valence-corrected chi connectivity index (χ2v) is 4.38. The summed E-state index contributed by atoms with van der Waals surface area (Å²) in [5, 5.41) is 0.944. The number of aromatic nitrogens is 1. The Morgan fingerprint density at radius 1 is 1.35 bits per heavy atom. The average Bonchev–Trinajstić information content (AvgIpc) is 2.29. The highest BCUT2D eigenvalue weighted by atomic mass is 32.1. The Morgan fingerprint density at radius 2 is 2.06 bits per heavy atom. The molecule has 2 rings (SSSR count). The quantitative estimate of drug-likeness (QED) is 0.827. The van der Waals surface area contributed by atoms with E-state index in [1.807, 2.05) is 32.0 Å². The molecule has 0 amide bonds. The summed E-state index contributed by atoms with van der Waals surface area (Å²) in [6, 6.07) is 5.72. The third kappa shape index (κ3) is 1.96. The molecule has 0 unspecified atom stereocenters. The lowest BCUT2D eigenvalue weighted by Gasteiger charge is -2.12. The summed E-state index contributed by atoms with van der Waals surface area (Å²) in [4.78, 5) is 4.92. The first-order valence-corrected chi connectivity index (χ1v) is 5.70. The van der Waals surface area contributed by atoms with Crippen molar-refractivity contribution in [3.8, 4) is 5.75 Å². The van der Waals surface area contributed by atoms with E-state index >= 15 is 0 Å². The van der Waals surface area contributed by atoms with E-state index in [-0.39, 0.29) is 0 Å². The van der Waals surface area contributed by atoms with Crippen LogP contribution < -0.4 is 10.5 Å². The van der Waals surface area contributed by atoms with Crippen LogP contribution in [0.3, 0.4) is 0 Å². The van der Waals surface area contributed by atoms with Crippen LogP contribution in [0.4, 0.5) is 0 Å². The lowest BCUT2D eigenvalue weighted by atomic mass is 10.0. The number of thiocarbonyl (C=S) groups is 1. The molecule has 2 N–H and O–H groups in total. The lowest BCUT2D eigenvalue weighted by Crippen LogP contribution is -2.13. The lowest BCUT2D eigenvalue weighted by molar-refractivity contribution is 0.415. The molecule has 4 heteroatoms. The van der Waals surface area contributed by atoms with Crippen LogP contribution in [0.1, 0.15) is 16.8 Å². The van der Waals surface area contributed by atoms with E-state index in [9.17, 15) is 0 Å². The van der Waals surface area contributed by atoms with Crippen molar-refractivity contribution in [3.63, 3.8) is 0 Å². The Morgan fingerprint density at radius 3 is 2.65 bits per heavy atom. The van der Waals surface area contributed by atoms with Crippen LogP contribution in [-0.2, 0) is 0 Å². The van der Waals surface area contributed by atoms with Crippen molar-refractivity contribution in [2.75, 3.05) is 7.11 Å². The number of nitrogens with zero attached hydrogens (tertiary/aromatic N) is 1. The zero-order valence-corrected chi connectivity index (χ0v) is 10.9. The van der Waals surface area contributed by atoms with Crippen LogP contribution in [0.2, 0.25) is 0 Å². The molecule has 0 fully saturated rings. The molecule has 0 atom stereocenters. The summed E-state index contributed by atoms with van der Waals surface area (Å²) in [5.41, 5.74) is 9.56. The Bertz CT molecular complexity index is 608. The molecule has 0 saturated carbocycles. The van der Waals surface area contributed by atoms with Crippen LogP contribution in [0, 0.1) is 13.8 Å². The fourth-order valence-corrected chi connectivity index (χ4v) is 2.17. The number of methoxy groups -OCH3 is 1. The molecule has 88 valence electrons. The fraction of sp³-hybridized carbons (Fsp3) is 0.231. The number of fused-ring (bicyclic) bond motifs is 1. The molecule has 1 aromatic heterocycles. The second kappa shape index (κ2) is 4.30. The van der Waals surface area contributed by atoms with Gasteiger partial charge in [-0.25, -0.2) is 0 Å². The number of rotatable bonds is 2. The highest BCUT2D eigenvalue weighted by molar-refractivity contribution is 7.80. The zero-order chi connectivity index (χ0) is 12.6. The van der Waals surface area contributed by atoms with Gasteiger partial charge in [-0.2, -0.15) is 0 Å². The first kappa shape index (κ1) is 11.8. The van der Waals surface area contributed by atoms with Crippen molar-refractivity contribution in [3.05, 3.63) is 35.0 Å². The summed E-state index contributed by atoms with van der Waals surface area (Å²) in [5.74, 6) is 0.778. The number of hydrogen-bond donors (Lipinski definition) is 1. The maximum atomic E-state index is 5.80. The second-order valence-electron chi connectivity index (χ2n) is 3.94. The van der Waals surface area contributed by atoms with E-state index in [1.54, 1.807) is 7.11 Å². The molecule has 0 aliphatic carbocycles. The van der Waals surface area contributed by atoms with Gasteiger partial charge >= 0.3 is 0 Å². The van der Waals surface area contributed by atoms with Gasteiger partial charge in [-0.1, -0.05) is 12.2 Å². The number of pyridine rings is 1. The minimum atomic E-state index is 0.395. The summed E-state index contributed by atoms with van der Waals surface area (Å²) >= 11 is 5.13. The van der Waals surface area contributed by atoms with Crippen molar-refractivity contribution in [1.29, 1.82) is 0 Å². The van der Waals surface area contributed by atoms with Gasteiger partial charge < -0.3 is 10.5 Å². The Labute approximate surface area is 106 Å². The SMILES string of the molecule is COc1ccc2nc(C)c(C)c(C(N)=S)c2c1. The molecule has 0 aliphatic rings. The van der Waals surface area contributed by atoms with Gasteiger partial charge in [0.2, 0.25) is 0 Å². The number of nitrogens with two attached hydrogens (primary N) is 1. The first-order chi connectivity index (χ1) is 8.04. The van der Waals surface area contributed by atoms with Gasteiger partial charge in [0.25, 0.3) is 0 Å². The van der Waals surface area contributed by atoms with E-state index < -0.39 is 0 Å². The first-order valence-electron chi connectivity index (χ1n) is 5.29. The maximum absolute atomic E-state index is 5.80. The predicted molar refractivity (Wildman–Crippen MR) is 73.7 cm³/mol. The predicted octanol–water partition coefficient (Wildman–Crippen LogP) is 2.49. The minimum absolute atomic E-state index is 0.395. The number of ether oxygens (including phenoxy) is 1. The largest absolute Gasteiger partial charge is 0.497 e. The Hall–Kier alpha value is -1.68. The average molecular weight is 246 g/mol. The molecule has 2 aromatic rings. The fourth-order valence-electron chi connectivity index (χ4n) is 1.90. The van der Waals surface area contributed by atoms with E-state index in [2.05, 4.69) is 4.98 Å². The highest BCUT2D eigenvalue weighted by Crippen LogP contribution is 2.26. The standard InChI is InChI=1S/C13H14N2OS/c1-7-8(2)15-11-5-4-9(16-3)6-10(11)12(7)13(14)17/h4-6H,1-3H3,(H2,14,17). The van der Waals surface area contributed by atoms with Gasteiger partial charge in [0.05, 0.1) is 12.6 Å². The van der Waals surface area contributed by atoms with Crippen LogP contribution >= 0.6 is 12.2 Å². The minimum Gasteiger partial charge on any atom is -0.497 e. The molecule has 0 aliphatic heterocycles. The topological polar surface area (TPSA) is 48.1 Å². The van der Waals surface area contributed by atoms with Gasteiger partial charge in [-0.05, 0) is 37.6 Å². The van der Waals surface area contributed by atoms with Crippen molar-refractivity contribution >= 4 is 28.1 Å². The summed E-state index contributed by atoms with van der Waals surface area (Å²) in [6.45, 7) is 3.94. The van der Waals surface area contributed by atoms with Gasteiger partial charge in [0, 0.05) is 16.6 Å². The molecule has 0 spiro atoms. The van der Waals surface area contributed by atoms with Gasteiger partial charge in [-0.15, -0.1) is 0 Å². The number of hydrogen-bond acceptors (Lipinski definition) is 3. The third-order valence-corrected chi connectivity index (χ3v) is 3.13. The monoisotopic (exact) mass is 246 g/mol. The number of benzene rings is 1. The molecule has 1 heterocycles. The molecule has 0 bridgehead atoms. The van der Waals surface area contributed by atoms with E-state index in [0.717, 1.165) is 33.5 Å². The smallest absolute Gasteiger partial charge is 0.119 e. The van der Waals surface area contributed by atoms with Crippen molar-refractivity contribution in [1.82, 2.24) is 4.98 Å². The third-order valence-electron chi connectivity index (χ3n) is 2.93. The van der Waals surface area contributed by atoms with E-state index in [0.29, 0.717) is 4.99 Å². The Balaban J connectivity index is 2.89. The van der Waals surface area contributed by atoms with Crippen LogP contribution in [0.15, 0.2) is 18.2 Å². The van der Waals surface area contributed by atoms with Crippen molar-refractivity contribution < 1.29 is 4.74 Å².